The zero-order valence-electron chi connectivity index (χ0n) is 11.4. The van der Waals surface area contributed by atoms with Gasteiger partial charge in [0.1, 0.15) is 0 Å². The lowest BCUT2D eigenvalue weighted by atomic mass is 9.90. The van der Waals surface area contributed by atoms with Crippen LogP contribution in [-0.4, -0.2) is 37.1 Å². The van der Waals surface area contributed by atoms with Crippen LogP contribution in [0.1, 0.15) is 18.4 Å². The number of aliphatic hydroxyl groups excluding tert-OH is 1. The predicted octanol–water partition coefficient (Wildman–Crippen LogP) is 2.06. The molecule has 2 N–H and O–H groups in total. The lowest BCUT2D eigenvalue weighted by molar-refractivity contribution is -0.0522. The Balaban J connectivity index is 1.98. The topological polar surface area (TPSA) is 50.7 Å². The number of alkyl halides is 2. The summed E-state index contributed by atoms with van der Waals surface area (Å²) in [6.45, 7) is -1.65. The number of rotatable bonds is 6. The van der Waals surface area contributed by atoms with Gasteiger partial charge in [0, 0.05) is 25.3 Å². The minimum Gasteiger partial charge on any atom is -0.432 e. The summed E-state index contributed by atoms with van der Waals surface area (Å²) in [6.07, 6.45) is 1.33. The van der Waals surface area contributed by atoms with E-state index in [4.69, 9.17) is 4.74 Å². The molecule has 1 aliphatic heterocycles. The van der Waals surface area contributed by atoms with Crippen LogP contribution in [0.2, 0.25) is 0 Å². The average molecular weight is 305 g/mol. The van der Waals surface area contributed by atoms with Gasteiger partial charge >= 0.3 is 6.61 Å². The van der Waals surface area contributed by atoms with E-state index in [0.717, 1.165) is 6.07 Å². The van der Waals surface area contributed by atoms with Crippen molar-refractivity contribution in [2.45, 2.75) is 31.5 Å². The van der Waals surface area contributed by atoms with Crippen LogP contribution in [0.3, 0.4) is 0 Å². The van der Waals surface area contributed by atoms with Crippen molar-refractivity contribution < 1.29 is 27.8 Å². The first kappa shape index (κ1) is 16.1. The molecule has 1 heterocycles. The molecule has 7 heteroatoms. The van der Waals surface area contributed by atoms with Gasteiger partial charge in [-0.25, -0.2) is 4.39 Å². The second-order valence-electron chi connectivity index (χ2n) is 5.05. The maximum absolute atomic E-state index is 13.6. The summed E-state index contributed by atoms with van der Waals surface area (Å²) in [6, 6.07) is 3.83. The second-order valence-corrected chi connectivity index (χ2v) is 5.05. The van der Waals surface area contributed by atoms with E-state index in [1.807, 2.05) is 0 Å². The van der Waals surface area contributed by atoms with Crippen molar-refractivity contribution in [3.8, 4) is 5.75 Å². The fraction of sp³-hybridized carbons (Fsp3) is 0.571. The minimum absolute atomic E-state index is 0.0363. The molecule has 2 rings (SSSR count). The Labute approximate surface area is 120 Å². The molecule has 0 aliphatic carbocycles. The van der Waals surface area contributed by atoms with Gasteiger partial charge in [0.15, 0.2) is 11.6 Å². The van der Waals surface area contributed by atoms with Crippen molar-refractivity contribution in [1.29, 1.82) is 0 Å². The third-order valence-corrected chi connectivity index (χ3v) is 3.63. The maximum atomic E-state index is 13.6. The van der Waals surface area contributed by atoms with Gasteiger partial charge in [-0.05, 0) is 30.5 Å². The van der Waals surface area contributed by atoms with Gasteiger partial charge in [-0.2, -0.15) is 8.78 Å². The van der Waals surface area contributed by atoms with Crippen molar-refractivity contribution in [3.63, 3.8) is 0 Å². The molecular weight excluding hydrogens is 287 g/mol. The van der Waals surface area contributed by atoms with Gasteiger partial charge in [-0.1, -0.05) is 6.07 Å². The van der Waals surface area contributed by atoms with Crippen LogP contribution in [0.15, 0.2) is 18.2 Å². The van der Waals surface area contributed by atoms with Gasteiger partial charge in [-0.15, -0.1) is 0 Å². The number of hydrogen-bond donors (Lipinski definition) is 2. The molecule has 0 spiro atoms. The number of benzene rings is 1. The normalized spacial score (nSPS) is 18.0. The van der Waals surface area contributed by atoms with Gasteiger partial charge < -0.3 is 19.9 Å². The third kappa shape index (κ3) is 4.33. The van der Waals surface area contributed by atoms with E-state index in [9.17, 15) is 18.3 Å². The van der Waals surface area contributed by atoms with E-state index in [-0.39, 0.29) is 6.61 Å². The van der Waals surface area contributed by atoms with Gasteiger partial charge in [0.05, 0.1) is 6.61 Å². The molecule has 1 saturated heterocycles. The largest absolute Gasteiger partial charge is 0.432 e. The predicted molar refractivity (Wildman–Crippen MR) is 69.7 cm³/mol. The molecule has 0 unspecified atom stereocenters. The molecule has 21 heavy (non-hydrogen) atoms. The monoisotopic (exact) mass is 305 g/mol. The quantitative estimate of drug-likeness (QED) is 0.845. The van der Waals surface area contributed by atoms with Crippen molar-refractivity contribution >= 4 is 0 Å². The smallest absolute Gasteiger partial charge is 0.387 e. The number of aliphatic hydroxyl groups is 1. The minimum atomic E-state index is -3.05. The van der Waals surface area contributed by atoms with Crippen molar-refractivity contribution in [1.82, 2.24) is 5.32 Å². The summed E-state index contributed by atoms with van der Waals surface area (Å²) in [4.78, 5) is 0. The van der Waals surface area contributed by atoms with E-state index < -0.39 is 23.7 Å². The van der Waals surface area contributed by atoms with E-state index in [0.29, 0.717) is 38.2 Å². The number of halogens is 3. The molecule has 0 aromatic heterocycles. The Kier molecular flexibility index (Phi) is 5.44. The fourth-order valence-electron chi connectivity index (χ4n) is 2.29. The van der Waals surface area contributed by atoms with Gasteiger partial charge in [-0.3, -0.25) is 0 Å². The lowest BCUT2D eigenvalue weighted by Crippen LogP contribution is -2.51. The zero-order chi connectivity index (χ0) is 15.3. The van der Waals surface area contributed by atoms with Crippen LogP contribution in [0, 0.1) is 5.82 Å². The summed E-state index contributed by atoms with van der Waals surface area (Å²) >= 11 is 0. The first-order valence-corrected chi connectivity index (χ1v) is 6.71. The summed E-state index contributed by atoms with van der Waals surface area (Å²) in [5.41, 5.74) is 0.154. The van der Waals surface area contributed by atoms with Gasteiger partial charge in [0.25, 0.3) is 0 Å². The molecule has 0 radical (unpaired) electrons. The maximum Gasteiger partial charge on any atom is 0.387 e. The van der Waals surface area contributed by atoms with E-state index in [2.05, 4.69) is 10.1 Å². The highest BCUT2D eigenvalue weighted by molar-refractivity contribution is 5.29. The van der Waals surface area contributed by atoms with Crippen molar-refractivity contribution in [2.75, 3.05) is 19.8 Å². The molecular formula is C14H18F3NO3. The molecule has 4 nitrogen and oxygen atoms in total. The summed E-state index contributed by atoms with van der Waals surface area (Å²) in [5.74, 6) is -1.31. The Hall–Kier alpha value is -1.31. The van der Waals surface area contributed by atoms with Crippen LogP contribution in [0.25, 0.3) is 0 Å². The van der Waals surface area contributed by atoms with Crippen molar-refractivity contribution in [3.05, 3.63) is 29.6 Å². The third-order valence-electron chi connectivity index (χ3n) is 3.63. The average Bonchev–Trinajstić information content (AvgIpc) is 2.48. The highest BCUT2D eigenvalue weighted by Gasteiger charge is 2.31. The van der Waals surface area contributed by atoms with E-state index >= 15 is 0 Å². The molecule has 1 aliphatic rings. The summed E-state index contributed by atoms with van der Waals surface area (Å²) < 4.78 is 47.0. The van der Waals surface area contributed by atoms with Crippen LogP contribution >= 0.6 is 0 Å². The molecule has 1 fully saturated rings. The summed E-state index contributed by atoms with van der Waals surface area (Å²) in [5, 5.41) is 12.7. The molecule has 1 aromatic rings. The van der Waals surface area contributed by atoms with Crippen LogP contribution in [0.4, 0.5) is 13.2 Å². The Morgan fingerprint density at radius 1 is 1.33 bits per heavy atom. The van der Waals surface area contributed by atoms with Gasteiger partial charge in [0.2, 0.25) is 0 Å². The standard InChI is InChI=1S/C14H18F3NO3/c15-11-7-10(1-2-12(11)21-13(16)17)8-18-14(9-19)3-5-20-6-4-14/h1-2,7,13,18-19H,3-6,8-9H2. The molecule has 0 atom stereocenters. The Morgan fingerprint density at radius 2 is 2.05 bits per heavy atom. The van der Waals surface area contributed by atoms with E-state index in [1.165, 1.54) is 12.1 Å². The van der Waals surface area contributed by atoms with Crippen LogP contribution < -0.4 is 10.1 Å². The Morgan fingerprint density at radius 3 is 2.62 bits per heavy atom. The fourth-order valence-corrected chi connectivity index (χ4v) is 2.29. The van der Waals surface area contributed by atoms with Crippen LogP contribution in [-0.2, 0) is 11.3 Å². The van der Waals surface area contributed by atoms with Crippen LogP contribution in [0.5, 0.6) is 5.75 Å². The first-order valence-electron chi connectivity index (χ1n) is 6.71. The lowest BCUT2D eigenvalue weighted by Gasteiger charge is -2.36. The molecule has 118 valence electrons. The van der Waals surface area contributed by atoms with Crippen molar-refractivity contribution in [2.24, 2.45) is 0 Å². The summed E-state index contributed by atoms with van der Waals surface area (Å²) in [7, 11) is 0. The second kappa shape index (κ2) is 7.11. The molecule has 0 amide bonds. The highest BCUT2D eigenvalue weighted by Crippen LogP contribution is 2.23. The molecule has 1 aromatic carbocycles. The number of ether oxygens (including phenoxy) is 2. The molecule has 0 bridgehead atoms. The number of hydrogen-bond acceptors (Lipinski definition) is 4. The van der Waals surface area contributed by atoms with E-state index in [1.54, 1.807) is 0 Å². The molecule has 0 saturated carbocycles. The SMILES string of the molecule is OCC1(NCc2ccc(OC(F)F)c(F)c2)CCOCC1. The zero-order valence-corrected chi connectivity index (χ0v) is 11.4. The Bertz CT molecular complexity index is 465. The number of nitrogens with one attached hydrogen (secondary N) is 1. The first-order chi connectivity index (χ1) is 10.0. The highest BCUT2D eigenvalue weighted by atomic mass is 19.3.